The normalized spacial score (nSPS) is 11.9. The largest absolute Gasteiger partial charge is 0.367 e. The van der Waals surface area contributed by atoms with Crippen LogP contribution in [0, 0.1) is 0 Å². The summed E-state index contributed by atoms with van der Waals surface area (Å²) in [4.78, 5) is 8.71. The number of anilines is 3. The molecule has 0 spiro atoms. The monoisotopic (exact) mass is 270 g/mol. The molecule has 1 unspecified atom stereocenters. The van der Waals surface area contributed by atoms with Gasteiger partial charge < -0.3 is 10.6 Å². The van der Waals surface area contributed by atoms with E-state index >= 15 is 0 Å². The van der Waals surface area contributed by atoms with Crippen LogP contribution in [0.5, 0.6) is 0 Å². The standard InChI is InChI=1S/C16H22N4/c1-4-12(3)18-15-10-11-17-16(20-15)19-14-8-6-13(5-2)7-9-14/h6-12H,4-5H2,1-3H3,(H2,17,18,19,20). The summed E-state index contributed by atoms with van der Waals surface area (Å²) in [6.07, 6.45) is 3.87. The lowest BCUT2D eigenvalue weighted by atomic mass is 10.1. The second-order valence-electron chi connectivity index (χ2n) is 4.89. The zero-order chi connectivity index (χ0) is 14.4. The van der Waals surface area contributed by atoms with Gasteiger partial charge in [0.15, 0.2) is 0 Å². The second-order valence-corrected chi connectivity index (χ2v) is 4.89. The summed E-state index contributed by atoms with van der Waals surface area (Å²) in [6, 6.07) is 10.6. The van der Waals surface area contributed by atoms with Gasteiger partial charge in [-0.15, -0.1) is 0 Å². The predicted molar refractivity (Wildman–Crippen MR) is 84.5 cm³/mol. The minimum absolute atomic E-state index is 0.404. The first-order valence-corrected chi connectivity index (χ1v) is 7.16. The number of hydrogen-bond donors (Lipinski definition) is 2. The Morgan fingerprint density at radius 1 is 1.10 bits per heavy atom. The highest BCUT2D eigenvalue weighted by Crippen LogP contribution is 2.15. The quantitative estimate of drug-likeness (QED) is 0.833. The van der Waals surface area contributed by atoms with Gasteiger partial charge in [-0.05, 0) is 43.5 Å². The van der Waals surface area contributed by atoms with Crippen molar-refractivity contribution < 1.29 is 0 Å². The highest BCUT2D eigenvalue weighted by atomic mass is 15.1. The van der Waals surface area contributed by atoms with Crippen molar-refractivity contribution in [3.8, 4) is 0 Å². The molecular weight excluding hydrogens is 248 g/mol. The molecule has 1 aromatic heterocycles. The second kappa shape index (κ2) is 6.89. The molecule has 0 aliphatic carbocycles. The zero-order valence-electron chi connectivity index (χ0n) is 12.4. The Labute approximate surface area is 120 Å². The molecule has 2 N–H and O–H groups in total. The van der Waals surface area contributed by atoms with Crippen molar-refractivity contribution in [3.05, 3.63) is 42.1 Å². The van der Waals surface area contributed by atoms with Gasteiger partial charge in [0.05, 0.1) is 0 Å². The summed E-state index contributed by atoms with van der Waals surface area (Å²) in [5.74, 6) is 1.46. The van der Waals surface area contributed by atoms with E-state index in [1.807, 2.05) is 6.07 Å². The van der Waals surface area contributed by atoms with Crippen molar-refractivity contribution in [3.63, 3.8) is 0 Å². The Hall–Kier alpha value is -2.10. The van der Waals surface area contributed by atoms with E-state index in [2.05, 4.69) is 65.6 Å². The Balaban J connectivity index is 2.06. The summed E-state index contributed by atoms with van der Waals surface area (Å²) in [7, 11) is 0. The number of nitrogens with one attached hydrogen (secondary N) is 2. The van der Waals surface area contributed by atoms with E-state index in [0.717, 1.165) is 24.3 Å². The first-order valence-electron chi connectivity index (χ1n) is 7.16. The van der Waals surface area contributed by atoms with Gasteiger partial charge in [0.1, 0.15) is 5.82 Å². The maximum Gasteiger partial charge on any atom is 0.229 e. The van der Waals surface area contributed by atoms with Crippen molar-refractivity contribution in [2.75, 3.05) is 10.6 Å². The molecule has 0 amide bonds. The molecule has 0 fully saturated rings. The van der Waals surface area contributed by atoms with Crippen LogP contribution in [0.15, 0.2) is 36.5 Å². The van der Waals surface area contributed by atoms with E-state index in [-0.39, 0.29) is 0 Å². The minimum Gasteiger partial charge on any atom is -0.367 e. The number of aromatic nitrogens is 2. The van der Waals surface area contributed by atoms with Gasteiger partial charge in [0.2, 0.25) is 5.95 Å². The maximum absolute atomic E-state index is 4.47. The summed E-state index contributed by atoms with van der Waals surface area (Å²) >= 11 is 0. The third-order valence-corrected chi connectivity index (χ3v) is 3.28. The molecule has 20 heavy (non-hydrogen) atoms. The average Bonchev–Trinajstić information content (AvgIpc) is 2.48. The van der Waals surface area contributed by atoms with Crippen molar-refractivity contribution in [2.24, 2.45) is 0 Å². The van der Waals surface area contributed by atoms with E-state index in [9.17, 15) is 0 Å². The third kappa shape index (κ3) is 3.95. The Kier molecular flexibility index (Phi) is 4.93. The summed E-state index contributed by atoms with van der Waals surface area (Å²) in [5.41, 5.74) is 2.33. The smallest absolute Gasteiger partial charge is 0.229 e. The third-order valence-electron chi connectivity index (χ3n) is 3.28. The topological polar surface area (TPSA) is 49.8 Å². The van der Waals surface area contributed by atoms with Crippen molar-refractivity contribution in [1.29, 1.82) is 0 Å². The molecule has 1 heterocycles. The molecule has 2 aromatic rings. The van der Waals surface area contributed by atoms with Gasteiger partial charge >= 0.3 is 0 Å². The molecule has 2 rings (SSSR count). The van der Waals surface area contributed by atoms with Gasteiger partial charge in [-0.1, -0.05) is 26.0 Å². The van der Waals surface area contributed by atoms with Gasteiger partial charge in [-0.3, -0.25) is 0 Å². The highest BCUT2D eigenvalue weighted by molar-refractivity contribution is 5.55. The number of aryl methyl sites for hydroxylation is 1. The van der Waals surface area contributed by atoms with Crippen molar-refractivity contribution >= 4 is 17.5 Å². The molecule has 106 valence electrons. The lowest BCUT2D eigenvalue weighted by Gasteiger charge is -2.13. The van der Waals surface area contributed by atoms with Crippen LogP contribution in [-0.2, 0) is 6.42 Å². The molecule has 0 saturated carbocycles. The van der Waals surface area contributed by atoms with Crippen LogP contribution in [0.3, 0.4) is 0 Å². The number of rotatable bonds is 6. The molecule has 0 radical (unpaired) electrons. The van der Waals surface area contributed by atoms with E-state index in [1.165, 1.54) is 5.56 Å². The average molecular weight is 270 g/mol. The molecule has 0 bridgehead atoms. The van der Waals surface area contributed by atoms with Gasteiger partial charge in [0.25, 0.3) is 0 Å². The summed E-state index contributed by atoms with van der Waals surface area (Å²) in [5, 5.41) is 6.57. The SMILES string of the molecule is CCc1ccc(Nc2nccc(NC(C)CC)n2)cc1. The van der Waals surface area contributed by atoms with E-state index < -0.39 is 0 Å². The highest BCUT2D eigenvalue weighted by Gasteiger charge is 2.03. The Bertz CT molecular complexity index is 536. The Morgan fingerprint density at radius 2 is 1.85 bits per heavy atom. The molecule has 4 nitrogen and oxygen atoms in total. The summed E-state index contributed by atoms with van der Waals surface area (Å²) < 4.78 is 0. The van der Waals surface area contributed by atoms with Gasteiger partial charge in [0, 0.05) is 17.9 Å². The molecule has 0 aliphatic rings. The fourth-order valence-corrected chi connectivity index (χ4v) is 1.81. The van der Waals surface area contributed by atoms with Crippen LogP contribution < -0.4 is 10.6 Å². The van der Waals surface area contributed by atoms with E-state index in [4.69, 9.17) is 0 Å². The lowest BCUT2D eigenvalue weighted by Crippen LogP contribution is -2.14. The van der Waals surface area contributed by atoms with E-state index in [0.29, 0.717) is 12.0 Å². The molecule has 4 heteroatoms. The fourth-order valence-electron chi connectivity index (χ4n) is 1.81. The molecule has 0 saturated heterocycles. The summed E-state index contributed by atoms with van der Waals surface area (Å²) in [6.45, 7) is 6.43. The van der Waals surface area contributed by atoms with Crippen molar-refractivity contribution in [1.82, 2.24) is 9.97 Å². The first-order chi connectivity index (χ1) is 9.71. The van der Waals surface area contributed by atoms with Gasteiger partial charge in [-0.25, -0.2) is 4.98 Å². The number of nitrogens with zero attached hydrogens (tertiary/aromatic N) is 2. The molecule has 0 aliphatic heterocycles. The van der Waals surface area contributed by atoms with Crippen LogP contribution in [0.4, 0.5) is 17.5 Å². The molecule has 1 aromatic carbocycles. The maximum atomic E-state index is 4.47. The zero-order valence-corrected chi connectivity index (χ0v) is 12.4. The van der Waals surface area contributed by atoms with Crippen LogP contribution in [0.2, 0.25) is 0 Å². The fraction of sp³-hybridized carbons (Fsp3) is 0.375. The minimum atomic E-state index is 0.404. The van der Waals surface area contributed by atoms with Crippen molar-refractivity contribution in [2.45, 2.75) is 39.7 Å². The number of benzene rings is 1. The molecule has 1 atom stereocenters. The van der Waals surface area contributed by atoms with Gasteiger partial charge in [-0.2, -0.15) is 4.98 Å². The van der Waals surface area contributed by atoms with Crippen LogP contribution in [0.25, 0.3) is 0 Å². The van der Waals surface area contributed by atoms with E-state index in [1.54, 1.807) is 6.20 Å². The molecular formula is C16H22N4. The predicted octanol–water partition coefficient (Wildman–Crippen LogP) is 3.99. The van der Waals surface area contributed by atoms with Crippen LogP contribution >= 0.6 is 0 Å². The first kappa shape index (κ1) is 14.3. The number of hydrogen-bond acceptors (Lipinski definition) is 4. The van der Waals surface area contributed by atoms with Crippen LogP contribution in [-0.4, -0.2) is 16.0 Å². The van der Waals surface area contributed by atoms with Crippen LogP contribution in [0.1, 0.15) is 32.8 Å². The Morgan fingerprint density at radius 3 is 2.50 bits per heavy atom. The lowest BCUT2D eigenvalue weighted by molar-refractivity contribution is 0.758.